The largest absolute Gasteiger partial charge is 0.339 e. The van der Waals surface area contributed by atoms with Crippen molar-refractivity contribution in [2.75, 3.05) is 0 Å². The molecule has 0 bridgehead atoms. The molecule has 2 nitrogen and oxygen atoms in total. The van der Waals surface area contributed by atoms with E-state index in [0.717, 1.165) is 12.1 Å². The van der Waals surface area contributed by atoms with Gasteiger partial charge in [-0.2, -0.15) is 0 Å². The van der Waals surface area contributed by atoms with E-state index in [1.807, 2.05) is 0 Å². The van der Waals surface area contributed by atoms with E-state index < -0.39 is 23.6 Å². The number of rotatable bonds is 2. The molecule has 0 aliphatic carbocycles. The van der Waals surface area contributed by atoms with Gasteiger partial charge in [-0.25, -0.2) is 8.78 Å². The van der Waals surface area contributed by atoms with Crippen LogP contribution in [0.25, 0.3) is 0 Å². The van der Waals surface area contributed by atoms with Crippen molar-refractivity contribution in [3.63, 3.8) is 0 Å². The Balaban J connectivity index is 2.88. The van der Waals surface area contributed by atoms with Crippen LogP contribution in [-0.4, -0.2) is 11.9 Å². The van der Waals surface area contributed by atoms with Crippen LogP contribution in [0.15, 0.2) is 18.2 Å². The second-order valence-corrected chi connectivity index (χ2v) is 2.99. The second kappa shape index (κ2) is 4.56. The van der Waals surface area contributed by atoms with Crippen molar-refractivity contribution in [1.82, 2.24) is 5.32 Å². The highest BCUT2D eigenvalue weighted by Gasteiger charge is 2.13. The lowest BCUT2D eigenvalue weighted by Crippen LogP contribution is -2.31. The minimum Gasteiger partial charge on any atom is -0.339 e. The van der Waals surface area contributed by atoms with Gasteiger partial charge in [0.15, 0.2) is 0 Å². The van der Waals surface area contributed by atoms with Gasteiger partial charge in [0.1, 0.15) is 11.6 Å². The van der Waals surface area contributed by atoms with Gasteiger partial charge in [-0.3, -0.25) is 4.79 Å². The van der Waals surface area contributed by atoms with Gasteiger partial charge >= 0.3 is 0 Å². The number of hydrogen-bond donors (Lipinski definition) is 1. The van der Waals surface area contributed by atoms with Gasteiger partial charge in [-0.1, -0.05) is 5.92 Å². The van der Waals surface area contributed by atoms with E-state index in [1.54, 1.807) is 6.92 Å². The molecular formula is C11H9F2NO. The molecule has 4 heteroatoms. The average Bonchev–Trinajstić information content (AvgIpc) is 2.17. The molecule has 1 N–H and O–H groups in total. The van der Waals surface area contributed by atoms with E-state index in [4.69, 9.17) is 6.42 Å². The number of carbonyl (C=O) groups is 1. The highest BCUT2D eigenvalue weighted by Crippen LogP contribution is 2.09. The Kier molecular flexibility index (Phi) is 3.40. The maximum Gasteiger partial charge on any atom is 0.255 e. The summed E-state index contributed by atoms with van der Waals surface area (Å²) in [5.74, 6) is -0.0203. The Morgan fingerprint density at radius 1 is 1.53 bits per heavy atom. The van der Waals surface area contributed by atoms with Gasteiger partial charge in [0.25, 0.3) is 5.91 Å². The fourth-order valence-corrected chi connectivity index (χ4v) is 0.990. The normalized spacial score (nSPS) is 11.6. The number of halogens is 2. The number of nitrogens with one attached hydrogen (secondary N) is 1. The molecule has 0 saturated carbocycles. The minimum atomic E-state index is -0.906. The van der Waals surface area contributed by atoms with Gasteiger partial charge in [-0.15, -0.1) is 6.42 Å². The SMILES string of the molecule is C#CC(C)NC(=O)c1ccc(F)cc1F. The van der Waals surface area contributed by atoms with Crippen molar-refractivity contribution in [3.8, 4) is 12.3 Å². The first-order valence-corrected chi connectivity index (χ1v) is 4.26. The molecule has 78 valence electrons. The molecular weight excluding hydrogens is 200 g/mol. The molecule has 0 aliphatic heterocycles. The molecule has 1 atom stereocenters. The highest BCUT2D eigenvalue weighted by atomic mass is 19.1. The molecule has 0 saturated heterocycles. The van der Waals surface area contributed by atoms with Crippen molar-refractivity contribution in [2.45, 2.75) is 13.0 Å². The molecule has 1 aromatic carbocycles. The minimum absolute atomic E-state index is 0.224. The molecule has 1 unspecified atom stereocenters. The highest BCUT2D eigenvalue weighted by molar-refractivity contribution is 5.94. The van der Waals surface area contributed by atoms with Crippen LogP contribution in [-0.2, 0) is 0 Å². The van der Waals surface area contributed by atoms with Crippen molar-refractivity contribution in [3.05, 3.63) is 35.4 Å². The third-order valence-electron chi connectivity index (χ3n) is 1.77. The molecule has 0 aromatic heterocycles. The van der Waals surface area contributed by atoms with Crippen LogP contribution in [0.4, 0.5) is 8.78 Å². The van der Waals surface area contributed by atoms with Crippen molar-refractivity contribution >= 4 is 5.91 Å². The third kappa shape index (κ3) is 2.78. The summed E-state index contributed by atoms with van der Waals surface area (Å²) in [5.41, 5.74) is -0.224. The van der Waals surface area contributed by atoms with Gasteiger partial charge in [0.2, 0.25) is 0 Å². The average molecular weight is 209 g/mol. The van der Waals surface area contributed by atoms with Gasteiger partial charge in [0.05, 0.1) is 11.6 Å². The summed E-state index contributed by atoms with van der Waals surface area (Å²) >= 11 is 0. The summed E-state index contributed by atoms with van der Waals surface area (Å²) in [5, 5.41) is 2.37. The van der Waals surface area contributed by atoms with Crippen LogP contribution in [0, 0.1) is 24.0 Å². The molecule has 1 rings (SSSR count). The number of amides is 1. The van der Waals surface area contributed by atoms with Crippen molar-refractivity contribution in [2.24, 2.45) is 0 Å². The van der Waals surface area contributed by atoms with Gasteiger partial charge in [0, 0.05) is 6.07 Å². The van der Waals surface area contributed by atoms with Crippen LogP contribution in [0.2, 0.25) is 0 Å². The Hall–Kier alpha value is -1.89. The summed E-state index contributed by atoms with van der Waals surface area (Å²) in [4.78, 5) is 11.4. The van der Waals surface area contributed by atoms with Crippen LogP contribution < -0.4 is 5.32 Å². The zero-order valence-electron chi connectivity index (χ0n) is 8.05. The monoisotopic (exact) mass is 209 g/mol. The molecule has 0 radical (unpaired) electrons. The Bertz CT molecular complexity index is 423. The van der Waals surface area contributed by atoms with E-state index in [-0.39, 0.29) is 5.56 Å². The van der Waals surface area contributed by atoms with Crippen LogP contribution in [0.5, 0.6) is 0 Å². The van der Waals surface area contributed by atoms with E-state index in [0.29, 0.717) is 6.07 Å². The summed E-state index contributed by atoms with van der Waals surface area (Å²) in [7, 11) is 0. The topological polar surface area (TPSA) is 29.1 Å². The van der Waals surface area contributed by atoms with Crippen molar-refractivity contribution < 1.29 is 13.6 Å². The number of hydrogen-bond acceptors (Lipinski definition) is 1. The van der Waals surface area contributed by atoms with Crippen LogP contribution >= 0.6 is 0 Å². The molecule has 0 heterocycles. The number of carbonyl (C=O) groups excluding carboxylic acids is 1. The first-order valence-electron chi connectivity index (χ1n) is 4.26. The summed E-state index contributed by atoms with van der Waals surface area (Å²) in [6, 6.07) is 2.24. The third-order valence-corrected chi connectivity index (χ3v) is 1.77. The van der Waals surface area contributed by atoms with Gasteiger partial charge in [-0.05, 0) is 19.1 Å². The van der Waals surface area contributed by atoms with E-state index >= 15 is 0 Å². The second-order valence-electron chi connectivity index (χ2n) is 2.99. The standard InChI is InChI=1S/C11H9F2NO/c1-3-7(2)14-11(15)9-5-4-8(12)6-10(9)13/h1,4-7H,2H3,(H,14,15). The van der Waals surface area contributed by atoms with Crippen LogP contribution in [0.3, 0.4) is 0 Å². The number of terminal acetylenes is 1. The molecule has 1 aromatic rings. The molecule has 0 fully saturated rings. The molecule has 0 aliphatic rings. The van der Waals surface area contributed by atoms with Gasteiger partial charge < -0.3 is 5.32 Å². The zero-order chi connectivity index (χ0) is 11.4. The predicted molar refractivity (Wildman–Crippen MR) is 52.1 cm³/mol. The van der Waals surface area contributed by atoms with E-state index in [2.05, 4.69) is 11.2 Å². The maximum absolute atomic E-state index is 13.1. The van der Waals surface area contributed by atoms with E-state index in [9.17, 15) is 13.6 Å². The smallest absolute Gasteiger partial charge is 0.255 e. The van der Waals surface area contributed by atoms with Crippen LogP contribution in [0.1, 0.15) is 17.3 Å². The lowest BCUT2D eigenvalue weighted by atomic mass is 10.2. The lowest BCUT2D eigenvalue weighted by molar-refractivity contribution is 0.0944. The Morgan fingerprint density at radius 2 is 2.20 bits per heavy atom. The Morgan fingerprint density at radius 3 is 2.73 bits per heavy atom. The number of benzene rings is 1. The fraction of sp³-hybridized carbons (Fsp3) is 0.182. The zero-order valence-corrected chi connectivity index (χ0v) is 8.05. The van der Waals surface area contributed by atoms with E-state index in [1.165, 1.54) is 0 Å². The van der Waals surface area contributed by atoms with Crippen molar-refractivity contribution in [1.29, 1.82) is 0 Å². The first-order chi connectivity index (χ1) is 7.04. The maximum atomic E-state index is 13.1. The molecule has 0 spiro atoms. The lowest BCUT2D eigenvalue weighted by Gasteiger charge is -2.08. The summed E-state index contributed by atoms with van der Waals surface area (Å²) < 4.78 is 25.6. The quantitative estimate of drug-likeness (QED) is 0.738. The summed E-state index contributed by atoms with van der Waals surface area (Å²) in [6.45, 7) is 1.58. The molecule has 1 amide bonds. The summed E-state index contributed by atoms with van der Waals surface area (Å²) in [6.07, 6.45) is 5.04. The predicted octanol–water partition coefficient (Wildman–Crippen LogP) is 1.72. The fourth-order valence-electron chi connectivity index (χ4n) is 0.990. The first kappa shape index (κ1) is 11.2. The Labute approximate surface area is 86.3 Å². The molecule has 15 heavy (non-hydrogen) atoms.